The molecule has 1 aromatic heterocycles. The summed E-state index contributed by atoms with van der Waals surface area (Å²) in [5.41, 5.74) is 0.626. The molecule has 0 saturated carbocycles. The maximum absolute atomic E-state index is 10.8. The molecular formula is C11H11N3O4. The summed E-state index contributed by atoms with van der Waals surface area (Å²) in [4.78, 5) is 24.3. The van der Waals surface area contributed by atoms with Crippen LogP contribution >= 0.6 is 0 Å². The summed E-state index contributed by atoms with van der Waals surface area (Å²) in [7, 11) is 0. The van der Waals surface area contributed by atoms with E-state index in [-0.39, 0.29) is 11.9 Å². The van der Waals surface area contributed by atoms with E-state index in [0.29, 0.717) is 12.1 Å². The van der Waals surface area contributed by atoms with E-state index in [0.717, 1.165) is 0 Å². The second kappa shape index (κ2) is 4.82. The van der Waals surface area contributed by atoms with Gasteiger partial charge in [0, 0.05) is 12.1 Å². The molecular weight excluding hydrogens is 238 g/mol. The van der Waals surface area contributed by atoms with E-state index >= 15 is 0 Å². The summed E-state index contributed by atoms with van der Waals surface area (Å²) < 4.78 is 0. The predicted octanol–water partition coefficient (Wildman–Crippen LogP) is 1.43. The number of nitrogens with one attached hydrogen (secondary N) is 1. The first kappa shape index (κ1) is 12.0. The van der Waals surface area contributed by atoms with E-state index < -0.39 is 16.8 Å². The van der Waals surface area contributed by atoms with Gasteiger partial charge in [-0.1, -0.05) is 12.2 Å². The summed E-state index contributed by atoms with van der Waals surface area (Å²) in [5.74, 6) is -1.54. The molecule has 1 heterocycles. The quantitative estimate of drug-likeness (QED) is 0.475. The number of nitro groups is 1. The van der Waals surface area contributed by atoms with Crippen LogP contribution in [0.4, 0.5) is 11.5 Å². The van der Waals surface area contributed by atoms with Crippen LogP contribution in [0.5, 0.6) is 0 Å². The molecule has 1 aliphatic rings. The van der Waals surface area contributed by atoms with E-state index in [1.807, 2.05) is 0 Å². The zero-order valence-electron chi connectivity index (χ0n) is 9.31. The number of anilines is 1. The molecule has 94 valence electrons. The lowest BCUT2D eigenvalue weighted by Gasteiger charge is -2.11. The third-order valence-electron chi connectivity index (χ3n) is 2.69. The fourth-order valence-corrected chi connectivity index (χ4v) is 1.78. The number of pyridine rings is 1. The van der Waals surface area contributed by atoms with Crippen molar-refractivity contribution in [3.8, 4) is 0 Å². The van der Waals surface area contributed by atoms with Crippen LogP contribution < -0.4 is 5.32 Å². The molecule has 7 nitrogen and oxygen atoms in total. The van der Waals surface area contributed by atoms with Gasteiger partial charge in [0.25, 0.3) is 0 Å². The molecule has 7 heteroatoms. The number of carboxylic acids is 1. The van der Waals surface area contributed by atoms with Crippen molar-refractivity contribution >= 4 is 17.5 Å². The van der Waals surface area contributed by atoms with Gasteiger partial charge < -0.3 is 20.5 Å². The first-order chi connectivity index (χ1) is 8.56. The molecule has 2 atom stereocenters. The Labute approximate surface area is 102 Å². The number of nitrogens with zero attached hydrogens (tertiary/aromatic N) is 2. The average molecular weight is 249 g/mol. The van der Waals surface area contributed by atoms with Crippen LogP contribution in [0.2, 0.25) is 0 Å². The van der Waals surface area contributed by atoms with Gasteiger partial charge in [0.05, 0.1) is 11.6 Å². The summed E-state index contributed by atoms with van der Waals surface area (Å²) in [6.45, 7) is 0. The molecule has 18 heavy (non-hydrogen) atoms. The van der Waals surface area contributed by atoms with Crippen molar-refractivity contribution in [1.82, 2.24) is 4.98 Å². The second-order valence-corrected chi connectivity index (χ2v) is 3.98. The topological polar surface area (TPSA) is 105 Å². The van der Waals surface area contributed by atoms with Gasteiger partial charge in [-0.2, -0.15) is 0 Å². The number of aliphatic carboxylic acids is 1. The van der Waals surface area contributed by atoms with Gasteiger partial charge >= 0.3 is 11.8 Å². The molecule has 1 aromatic rings. The molecule has 1 aliphatic carbocycles. The standard InChI is InChI=1S/C11H11N3O4/c15-11(16)7-1-2-8(5-7)13-9-3-4-10(12-6-9)14(17)18/h1-4,6-8,13H,5H2,(H,15,16). The number of carbonyl (C=O) groups is 1. The Morgan fingerprint density at radius 3 is 2.78 bits per heavy atom. The molecule has 0 fully saturated rings. The van der Waals surface area contributed by atoms with Crippen LogP contribution in [0.25, 0.3) is 0 Å². The summed E-state index contributed by atoms with van der Waals surface area (Å²) in [6.07, 6.45) is 5.24. The maximum atomic E-state index is 10.8. The van der Waals surface area contributed by atoms with Crippen molar-refractivity contribution in [3.63, 3.8) is 0 Å². The molecule has 0 spiro atoms. The molecule has 0 aromatic carbocycles. The predicted molar refractivity (Wildman–Crippen MR) is 63.2 cm³/mol. The molecule has 0 amide bonds. The number of hydrogen-bond donors (Lipinski definition) is 2. The minimum atomic E-state index is -0.850. The van der Waals surface area contributed by atoms with E-state index in [9.17, 15) is 14.9 Å². The maximum Gasteiger partial charge on any atom is 0.363 e. The lowest BCUT2D eigenvalue weighted by atomic mass is 10.1. The van der Waals surface area contributed by atoms with E-state index in [4.69, 9.17) is 5.11 Å². The Morgan fingerprint density at radius 2 is 2.28 bits per heavy atom. The highest BCUT2D eigenvalue weighted by molar-refractivity contribution is 5.73. The van der Waals surface area contributed by atoms with Gasteiger partial charge in [-0.15, -0.1) is 0 Å². The molecule has 2 rings (SSSR count). The SMILES string of the molecule is O=C(O)C1C=CC(Nc2ccc([N+](=O)[O-])nc2)C1. The van der Waals surface area contributed by atoms with Crippen molar-refractivity contribution in [2.45, 2.75) is 12.5 Å². The van der Waals surface area contributed by atoms with Crippen molar-refractivity contribution in [3.05, 3.63) is 40.6 Å². The van der Waals surface area contributed by atoms with Gasteiger partial charge in [-0.3, -0.25) is 4.79 Å². The highest BCUT2D eigenvalue weighted by Gasteiger charge is 2.24. The summed E-state index contributed by atoms with van der Waals surface area (Å²) in [5, 5.41) is 22.3. The van der Waals surface area contributed by atoms with Crippen molar-refractivity contribution < 1.29 is 14.8 Å². The highest BCUT2D eigenvalue weighted by Crippen LogP contribution is 2.22. The number of hydrogen-bond acceptors (Lipinski definition) is 5. The Hall–Kier alpha value is -2.44. The lowest BCUT2D eigenvalue weighted by Crippen LogP contribution is -2.18. The zero-order valence-corrected chi connectivity index (χ0v) is 9.31. The first-order valence-electron chi connectivity index (χ1n) is 5.34. The minimum Gasteiger partial charge on any atom is -0.481 e. The molecule has 2 N–H and O–H groups in total. The average Bonchev–Trinajstić information content (AvgIpc) is 2.78. The van der Waals surface area contributed by atoms with Crippen LogP contribution in [0.3, 0.4) is 0 Å². The third kappa shape index (κ3) is 2.62. The molecule has 0 radical (unpaired) electrons. The van der Waals surface area contributed by atoms with E-state index in [1.54, 1.807) is 18.2 Å². The van der Waals surface area contributed by atoms with Gasteiger partial charge in [-0.05, 0) is 22.4 Å². The fourth-order valence-electron chi connectivity index (χ4n) is 1.78. The highest BCUT2D eigenvalue weighted by atomic mass is 16.6. The van der Waals surface area contributed by atoms with Crippen molar-refractivity contribution in [2.75, 3.05) is 5.32 Å². The Morgan fingerprint density at radius 1 is 1.50 bits per heavy atom. The zero-order chi connectivity index (χ0) is 13.1. The monoisotopic (exact) mass is 249 g/mol. The van der Waals surface area contributed by atoms with Crippen LogP contribution in [-0.2, 0) is 4.79 Å². The Balaban J connectivity index is 1.97. The normalized spacial score (nSPS) is 21.8. The Kier molecular flexibility index (Phi) is 3.22. The third-order valence-corrected chi connectivity index (χ3v) is 2.69. The van der Waals surface area contributed by atoms with E-state index in [1.165, 1.54) is 12.3 Å². The van der Waals surface area contributed by atoms with Crippen LogP contribution in [0.15, 0.2) is 30.5 Å². The lowest BCUT2D eigenvalue weighted by molar-refractivity contribution is -0.389. The van der Waals surface area contributed by atoms with Crippen LogP contribution in [0.1, 0.15) is 6.42 Å². The number of carboxylic acid groups (broad SMARTS) is 1. The van der Waals surface area contributed by atoms with Gasteiger partial charge in [-0.25, -0.2) is 0 Å². The fraction of sp³-hybridized carbons (Fsp3) is 0.273. The van der Waals surface area contributed by atoms with Gasteiger partial charge in [0.1, 0.15) is 0 Å². The largest absolute Gasteiger partial charge is 0.481 e. The van der Waals surface area contributed by atoms with Crippen LogP contribution in [0, 0.1) is 16.0 Å². The summed E-state index contributed by atoms with van der Waals surface area (Å²) >= 11 is 0. The van der Waals surface area contributed by atoms with Crippen molar-refractivity contribution in [2.24, 2.45) is 5.92 Å². The molecule has 0 aliphatic heterocycles. The van der Waals surface area contributed by atoms with Crippen LogP contribution in [-0.4, -0.2) is 27.0 Å². The summed E-state index contributed by atoms with van der Waals surface area (Å²) in [6, 6.07) is 2.76. The first-order valence-corrected chi connectivity index (χ1v) is 5.34. The number of rotatable bonds is 4. The van der Waals surface area contributed by atoms with Gasteiger partial charge in [0.2, 0.25) is 0 Å². The number of aromatic nitrogens is 1. The second-order valence-electron chi connectivity index (χ2n) is 3.98. The molecule has 0 bridgehead atoms. The van der Waals surface area contributed by atoms with Crippen molar-refractivity contribution in [1.29, 1.82) is 0 Å². The molecule has 0 saturated heterocycles. The Bertz CT molecular complexity index is 498. The van der Waals surface area contributed by atoms with E-state index in [2.05, 4.69) is 10.3 Å². The molecule has 2 unspecified atom stereocenters. The minimum absolute atomic E-state index is 0.0886. The smallest absolute Gasteiger partial charge is 0.363 e. The van der Waals surface area contributed by atoms with Gasteiger partial charge in [0.15, 0.2) is 6.20 Å².